The van der Waals surface area contributed by atoms with Crippen LogP contribution in [0.5, 0.6) is 0 Å². The molecule has 0 aliphatic heterocycles. The van der Waals surface area contributed by atoms with Crippen molar-refractivity contribution in [1.82, 2.24) is 0 Å². The average Bonchev–Trinajstić information content (AvgIpc) is 2.53. The molecule has 0 radical (unpaired) electrons. The Labute approximate surface area is 125 Å². The Hall–Kier alpha value is -3.28. The van der Waals surface area contributed by atoms with Gasteiger partial charge in [-0.1, -0.05) is 48.5 Å². The first kappa shape index (κ1) is 15.1. The van der Waals surface area contributed by atoms with Gasteiger partial charge in [-0.3, -0.25) is 19.2 Å². The highest BCUT2D eigenvalue weighted by Crippen LogP contribution is 2.26. The summed E-state index contributed by atoms with van der Waals surface area (Å²) in [6, 6.07) is 13.9. The van der Waals surface area contributed by atoms with Gasteiger partial charge in [0, 0.05) is 22.3 Å². The zero-order valence-corrected chi connectivity index (χ0v) is 11.4. The highest BCUT2D eigenvalue weighted by Gasteiger charge is 2.28. The lowest BCUT2D eigenvalue weighted by molar-refractivity contribution is -0.135. The monoisotopic (exact) mass is 296 g/mol. The number of primary amides is 2. The van der Waals surface area contributed by atoms with E-state index in [4.69, 9.17) is 0 Å². The summed E-state index contributed by atoms with van der Waals surface area (Å²) in [5.41, 5.74) is 10.7. The number of amides is 2. The van der Waals surface area contributed by atoms with Crippen LogP contribution in [0.1, 0.15) is 31.8 Å². The van der Waals surface area contributed by atoms with Gasteiger partial charge < -0.3 is 11.5 Å². The molecule has 0 bridgehead atoms. The molecule has 2 aromatic rings. The molecule has 1 aliphatic carbocycles. The number of fused-ring (bicyclic) bond motifs is 2. The van der Waals surface area contributed by atoms with Gasteiger partial charge in [0.15, 0.2) is 11.6 Å². The van der Waals surface area contributed by atoms with E-state index in [2.05, 4.69) is 11.5 Å². The van der Waals surface area contributed by atoms with Crippen LogP contribution < -0.4 is 11.5 Å². The van der Waals surface area contributed by atoms with Crippen molar-refractivity contribution < 1.29 is 19.2 Å². The number of carbonyl (C=O) groups excluding carboxylic acids is 4. The smallest absolute Gasteiger partial charge is 0.306 e. The third-order valence-corrected chi connectivity index (χ3v) is 3.08. The summed E-state index contributed by atoms with van der Waals surface area (Å²) in [5, 5.41) is 0. The highest BCUT2D eigenvalue weighted by molar-refractivity contribution is 6.33. The third-order valence-electron chi connectivity index (χ3n) is 3.08. The quantitative estimate of drug-likeness (QED) is 0.584. The molecule has 4 N–H and O–H groups in total. The van der Waals surface area contributed by atoms with Crippen molar-refractivity contribution in [2.75, 3.05) is 0 Å². The van der Waals surface area contributed by atoms with Gasteiger partial charge in [-0.25, -0.2) is 0 Å². The lowest BCUT2D eigenvalue weighted by Crippen LogP contribution is -2.29. The van der Waals surface area contributed by atoms with Gasteiger partial charge in [0.05, 0.1) is 0 Å². The largest absolute Gasteiger partial charge is 0.361 e. The molecule has 1 aliphatic rings. The summed E-state index contributed by atoms with van der Waals surface area (Å²) in [5.74, 6) is -2.33. The van der Waals surface area contributed by atoms with Crippen LogP contribution in [-0.2, 0) is 9.59 Å². The summed E-state index contributed by atoms with van der Waals surface area (Å²) in [6.45, 7) is 0. The van der Waals surface area contributed by atoms with Crippen molar-refractivity contribution in [2.24, 2.45) is 11.5 Å². The van der Waals surface area contributed by atoms with E-state index in [1.54, 1.807) is 48.5 Å². The Balaban J connectivity index is 0.000000254. The van der Waals surface area contributed by atoms with Crippen molar-refractivity contribution in [3.05, 3.63) is 70.8 Å². The first-order valence-electron chi connectivity index (χ1n) is 6.30. The number of hydrogen-bond acceptors (Lipinski definition) is 4. The van der Waals surface area contributed by atoms with E-state index in [1.165, 1.54) is 0 Å². The topological polar surface area (TPSA) is 120 Å². The maximum atomic E-state index is 12.1. The molecule has 22 heavy (non-hydrogen) atoms. The Kier molecular flexibility index (Phi) is 4.13. The predicted molar refractivity (Wildman–Crippen MR) is 78.1 cm³/mol. The van der Waals surface area contributed by atoms with Crippen molar-refractivity contribution in [3.8, 4) is 0 Å². The highest BCUT2D eigenvalue weighted by atomic mass is 16.2. The summed E-state index contributed by atoms with van der Waals surface area (Å²) in [4.78, 5) is 43.1. The SMILES string of the molecule is NC(=O)C(N)=O.O=C1c2ccccc2C(=O)c2ccccc21. The lowest BCUT2D eigenvalue weighted by atomic mass is 9.84. The molecule has 2 amide bonds. The summed E-state index contributed by atoms with van der Waals surface area (Å²) in [6.07, 6.45) is 0. The second kappa shape index (κ2) is 6.01. The lowest BCUT2D eigenvalue weighted by Gasteiger charge is -2.16. The second-order valence-electron chi connectivity index (χ2n) is 4.48. The van der Waals surface area contributed by atoms with E-state index in [9.17, 15) is 19.2 Å². The van der Waals surface area contributed by atoms with Crippen molar-refractivity contribution >= 4 is 23.4 Å². The first-order chi connectivity index (χ1) is 10.4. The molecule has 0 fully saturated rings. The number of nitrogens with two attached hydrogens (primary N) is 2. The summed E-state index contributed by atoms with van der Waals surface area (Å²) >= 11 is 0. The summed E-state index contributed by atoms with van der Waals surface area (Å²) < 4.78 is 0. The predicted octanol–water partition coefficient (Wildman–Crippen LogP) is 0.419. The second-order valence-corrected chi connectivity index (χ2v) is 4.48. The molecule has 0 saturated heterocycles. The molecule has 0 saturated carbocycles. The van der Waals surface area contributed by atoms with Gasteiger partial charge >= 0.3 is 11.8 Å². The normalized spacial score (nSPS) is 11.6. The maximum Gasteiger partial charge on any atom is 0.306 e. The number of rotatable bonds is 0. The van der Waals surface area contributed by atoms with Gasteiger partial charge in [-0.05, 0) is 0 Å². The third kappa shape index (κ3) is 2.76. The maximum absolute atomic E-state index is 12.1. The first-order valence-corrected chi connectivity index (χ1v) is 6.30. The molecular formula is C16H12N2O4. The van der Waals surface area contributed by atoms with E-state index in [1.807, 2.05) is 0 Å². The fourth-order valence-corrected chi connectivity index (χ4v) is 2.05. The minimum Gasteiger partial charge on any atom is -0.361 e. The van der Waals surface area contributed by atoms with Crippen molar-refractivity contribution in [3.63, 3.8) is 0 Å². The fourth-order valence-electron chi connectivity index (χ4n) is 2.05. The van der Waals surface area contributed by atoms with Crippen LogP contribution in [0.4, 0.5) is 0 Å². The number of hydrogen-bond donors (Lipinski definition) is 2. The zero-order valence-electron chi connectivity index (χ0n) is 11.4. The van der Waals surface area contributed by atoms with Crippen LogP contribution >= 0.6 is 0 Å². The standard InChI is InChI=1S/C14H8O2.C2H4N2O2/c15-13-9-5-1-2-6-10(9)14(16)12-8-4-3-7-11(12)13;3-1(5)2(4)6/h1-8H;(H2,3,5)(H2,4,6). The van der Waals surface area contributed by atoms with Crippen molar-refractivity contribution in [2.45, 2.75) is 0 Å². The van der Waals surface area contributed by atoms with E-state index in [-0.39, 0.29) is 11.6 Å². The van der Waals surface area contributed by atoms with Crippen LogP contribution in [-0.4, -0.2) is 23.4 Å². The van der Waals surface area contributed by atoms with Gasteiger partial charge in [-0.2, -0.15) is 0 Å². The Morgan fingerprint density at radius 2 is 0.818 bits per heavy atom. The number of carbonyl (C=O) groups is 4. The van der Waals surface area contributed by atoms with E-state index in [0.29, 0.717) is 22.3 Å². The van der Waals surface area contributed by atoms with Crippen LogP contribution in [0.2, 0.25) is 0 Å². The van der Waals surface area contributed by atoms with Crippen LogP contribution in [0.25, 0.3) is 0 Å². The molecular weight excluding hydrogens is 284 g/mol. The molecule has 0 aromatic heterocycles. The number of ketones is 2. The van der Waals surface area contributed by atoms with E-state index >= 15 is 0 Å². The molecule has 3 rings (SSSR count). The Morgan fingerprint density at radius 1 is 0.591 bits per heavy atom. The Bertz CT molecular complexity index is 679. The summed E-state index contributed by atoms with van der Waals surface area (Å²) in [7, 11) is 0. The minimum absolute atomic E-state index is 0.0641. The van der Waals surface area contributed by atoms with E-state index in [0.717, 1.165) is 0 Å². The van der Waals surface area contributed by atoms with Gasteiger partial charge in [0.25, 0.3) is 0 Å². The molecule has 6 nitrogen and oxygen atoms in total. The molecule has 6 heteroatoms. The molecule has 2 aromatic carbocycles. The number of benzene rings is 2. The van der Waals surface area contributed by atoms with Crippen LogP contribution in [0.3, 0.4) is 0 Å². The van der Waals surface area contributed by atoms with Crippen LogP contribution in [0.15, 0.2) is 48.5 Å². The zero-order chi connectivity index (χ0) is 16.3. The van der Waals surface area contributed by atoms with Crippen molar-refractivity contribution in [1.29, 1.82) is 0 Å². The van der Waals surface area contributed by atoms with E-state index < -0.39 is 11.8 Å². The van der Waals surface area contributed by atoms with Gasteiger partial charge in [0.1, 0.15) is 0 Å². The fraction of sp³-hybridized carbons (Fsp3) is 0. The van der Waals surface area contributed by atoms with Crippen LogP contribution in [0, 0.1) is 0 Å². The molecule has 0 unspecified atom stereocenters. The molecule has 0 heterocycles. The molecule has 0 atom stereocenters. The van der Waals surface area contributed by atoms with Gasteiger partial charge in [-0.15, -0.1) is 0 Å². The van der Waals surface area contributed by atoms with Gasteiger partial charge in [0.2, 0.25) is 0 Å². The Morgan fingerprint density at radius 3 is 1.00 bits per heavy atom. The average molecular weight is 296 g/mol. The minimum atomic E-state index is -1.10. The molecule has 110 valence electrons. The molecule has 0 spiro atoms.